The number of hydrogen-bond donors (Lipinski definition) is 1. The van der Waals surface area contributed by atoms with Crippen molar-refractivity contribution in [3.05, 3.63) is 45.2 Å². The van der Waals surface area contributed by atoms with Gasteiger partial charge in [0.05, 0.1) is 15.8 Å². The number of aromatic nitrogens is 2. The molecule has 3 nitrogen and oxygen atoms in total. The summed E-state index contributed by atoms with van der Waals surface area (Å²) in [4.78, 5) is 0. The van der Waals surface area contributed by atoms with Gasteiger partial charge in [-0.3, -0.25) is 0 Å². The molecule has 0 bridgehead atoms. The summed E-state index contributed by atoms with van der Waals surface area (Å²) in [6.45, 7) is 4.33. The molecule has 1 unspecified atom stereocenters. The highest BCUT2D eigenvalue weighted by atomic mass is 127. The molecule has 0 fully saturated rings. The number of rotatable bonds is 4. The Morgan fingerprint density at radius 2 is 1.94 bits per heavy atom. The maximum absolute atomic E-state index is 6.07. The number of hydrogen-bond acceptors (Lipinski definition) is 2. The summed E-state index contributed by atoms with van der Waals surface area (Å²) in [5.41, 5.74) is 8.69. The summed E-state index contributed by atoms with van der Waals surface area (Å²) < 4.78 is 2.93. The Morgan fingerprint density at radius 1 is 1.28 bits per heavy atom. The van der Waals surface area contributed by atoms with E-state index in [1.807, 2.05) is 10.9 Å². The molecule has 2 N–H and O–H groups in total. The fourth-order valence-electron chi connectivity index (χ4n) is 2.12. The quantitative estimate of drug-likeness (QED) is 0.852. The number of anilines is 1. The monoisotopic (exact) mass is 355 g/mol. The normalized spacial score (nSPS) is 12.6. The molecule has 0 amide bonds. The van der Waals surface area contributed by atoms with E-state index >= 15 is 0 Å². The number of benzene rings is 1. The first-order valence-corrected chi connectivity index (χ1v) is 7.32. The lowest BCUT2D eigenvalue weighted by Gasteiger charge is -2.18. The van der Waals surface area contributed by atoms with Gasteiger partial charge in [-0.15, -0.1) is 0 Å². The summed E-state index contributed by atoms with van der Waals surface area (Å²) in [7, 11) is 0. The highest BCUT2D eigenvalue weighted by Crippen LogP contribution is 2.26. The van der Waals surface area contributed by atoms with Gasteiger partial charge in [0.2, 0.25) is 0 Å². The second-order valence-corrected chi connectivity index (χ2v) is 5.50. The van der Waals surface area contributed by atoms with E-state index in [-0.39, 0.29) is 6.04 Å². The van der Waals surface area contributed by atoms with Crippen molar-refractivity contribution in [1.82, 2.24) is 9.78 Å². The van der Waals surface area contributed by atoms with E-state index < -0.39 is 0 Å². The molecule has 1 aromatic heterocycles. The van der Waals surface area contributed by atoms with Gasteiger partial charge >= 0.3 is 0 Å². The maximum Gasteiger partial charge on any atom is 0.135 e. The zero-order valence-corrected chi connectivity index (χ0v) is 12.9. The Labute approximate surface area is 122 Å². The van der Waals surface area contributed by atoms with Crippen molar-refractivity contribution in [2.45, 2.75) is 32.7 Å². The molecular formula is C14H18IN3. The van der Waals surface area contributed by atoms with Gasteiger partial charge in [0.1, 0.15) is 5.82 Å². The van der Waals surface area contributed by atoms with Crippen LogP contribution in [0.1, 0.15) is 37.4 Å². The molecule has 2 rings (SSSR count). The second-order valence-electron chi connectivity index (χ2n) is 4.34. The van der Waals surface area contributed by atoms with Crippen molar-refractivity contribution in [1.29, 1.82) is 0 Å². The van der Waals surface area contributed by atoms with Gasteiger partial charge < -0.3 is 5.73 Å². The van der Waals surface area contributed by atoms with Crippen molar-refractivity contribution < 1.29 is 0 Å². The zero-order valence-electron chi connectivity index (χ0n) is 10.7. The van der Waals surface area contributed by atoms with Crippen molar-refractivity contribution in [3.8, 4) is 0 Å². The minimum absolute atomic E-state index is 0.222. The van der Waals surface area contributed by atoms with Gasteiger partial charge in [0.25, 0.3) is 0 Å². The molecule has 1 atom stereocenters. The highest BCUT2D eigenvalue weighted by Gasteiger charge is 2.16. The molecule has 4 heteroatoms. The first kappa shape index (κ1) is 13.4. The van der Waals surface area contributed by atoms with Crippen LogP contribution in [0.4, 0.5) is 5.82 Å². The van der Waals surface area contributed by atoms with Gasteiger partial charge in [-0.25, -0.2) is 4.68 Å². The van der Waals surface area contributed by atoms with E-state index in [1.54, 1.807) is 0 Å². The van der Waals surface area contributed by atoms with Crippen LogP contribution in [0.25, 0.3) is 0 Å². The van der Waals surface area contributed by atoms with Gasteiger partial charge in [-0.2, -0.15) is 5.10 Å². The number of nitrogens with zero attached hydrogens (tertiary/aromatic N) is 2. The lowest BCUT2D eigenvalue weighted by Crippen LogP contribution is -2.14. The van der Waals surface area contributed by atoms with Gasteiger partial charge in [-0.05, 0) is 46.6 Å². The molecule has 0 aliphatic carbocycles. The number of nitrogens with two attached hydrogens (primary N) is 1. The van der Waals surface area contributed by atoms with Crippen LogP contribution in [-0.2, 0) is 6.42 Å². The molecule has 96 valence electrons. The lowest BCUT2D eigenvalue weighted by atomic mass is 10.0. The smallest absolute Gasteiger partial charge is 0.135 e. The molecule has 0 radical (unpaired) electrons. The van der Waals surface area contributed by atoms with E-state index in [4.69, 9.17) is 5.73 Å². The van der Waals surface area contributed by atoms with Gasteiger partial charge in [0.15, 0.2) is 0 Å². The van der Waals surface area contributed by atoms with Crippen molar-refractivity contribution >= 4 is 28.4 Å². The Kier molecular flexibility index (Phi) is 4.27. The van der Waals surface area contributed by atoms with Gasteiger partial charge in [0, 0.05) is 0 Å². The summed E-state index contributed by atoms with van der Waals surface area (Å²) in [5, 5.41) is 4.39. The molecule has 0 aliphatic rings. The number of aryl methyl sites for hydroxylation is 1. The van der Waals surface area contributed by atoms with Gasteiger partial charge in [-0.1, -0.05) is 38.1 Å². The largest absolute Gasteiger partial charge is 0.383 e. The summed E-state index contributed by atoms with van der Waals surface area (Å²) in [5.74, 6) is 0.752. The second kappa shape index (κ2) is 5.73. The van der Waals surface area contributed by atoms with Crippen LogP contribution in [0.5, 0.6) is 0 Å². The molecule has 0 aliphatic heterocycles. The standard InChI is InChI=1S/C14H18IN3/c1-3-10-5-7-11(8-6-10)13(4-2)18-14(16)12(15)9-17-18/h5-9,13H,3-4,16H2,1-2H3. The summed E-state index contributed by atoms with van der Waals surface area (Å²) in [6, 6.07) is 8.95. The van der Waals surface area contributed by atoms with Crippen molar-refractivity contribution in [2.24, 2.45) is 0 Å². The van der Waals surface area contributed by atoms with E-state index in [0.717, 1.165) is 22.2 Å². The van der Waals surface area contributed by atoms with Crippen LogP contribution < -0.4 is 5.73 Å². The Hall–Kier alpha value is -1.04. The average Bonchev–Trinajstić information content (AvgIpc) is 2.73. The fourth-order valence-corrected chi connectivity index (χ4v) is 2.50. The Bertz CT molecular complexity index is 516. The molecule has 0 saturated heterocycles. The highest BCUT2D eigenvalue weighted by molar-refractivity contribution is 14.1. The molecule has 1 heterocycles. The van der Waals surface area contributed by atoms with Crippen LogP contribution in [0, 0.1) is 3.57 Å². The summed E-state index contributed by atoms with van der Waals surface area (Å²) >= 11 is 2.22. The minimum Gasteiger partial charge on any atom is -0.383 e. The van der Waals surface area contributed by atoms with Crippen LogP contribution in [0.3, 0.4) is 0 Å². The Balaban J connectivity index is 2.35. The predicted molar refractivity (Wildman–Crippen MR) is 83.6 cm³/mol. The molecule has 0 saturated carbocycles. The predicted octanol–water partition coefficient (Wildman–Crippen LogP) is 3.63. The summed E-state index contributed by atoms with van der Waals surface area (Å²) in [6.07, 6.45) is 3.87. The first-order valence-electron chi connectivity index (χ1n) is 6.24. The van der Waals surface area contributed by atoms with Crippen LogP contribution in [0.15, 0.2) is 30.5 Å². The Morgan fingerprint density at radius 3 is 2.39 bits per heavy atom. The third-order valence-electron chi connectivity index (χ3n) is 3.24. The minimum atomic E-state index is 0.222. The van der Waals surface area contributed by atoms with E-state index in [0.29, 0.717) is 0 Å². The van der Waals surface area contributed by atoms with E-state index in [2.05, 4.69) is 65.8 Å². The van der Waals surface area contributed by atoms with Crippen LogP contribution >= 0.6 is 22.6 Å². The van der Waals surface area contributed by atoms with Crippen LogP contribution in [0.2, 0.25) is 0 Å². The van der Waals surface area contributed by atoms with Crippen LogP contribution in [-0.4, -0.2) is 9.78 Å². The van der Waals surface area contributed by atoms with E-state index in [9.17, 15) is 0 Å². The molecular weight excluding hydrogens is 337 g/mol. The molecule has 1 aromatic carbocycles. The van der Waals surface area contributed by atoms with Crippen molar-refractivity contribution in [3.63, 3.8) is 0 Å². The molecule has 18 heavy (non-hydrogen) atoms. The third kappa shape index (κ3) is 2.53. The third-order valence-corrected chi connectivity index (χ3v) is 4.07. The SMILES string of the molecule is CCc1ccc(C(CC)n2ncc(I)c2N)cc1. The maximum atomic E-state index is 6.07. The molecule has 2 aromatic rings. The zero-order chi connectivity index (χ0) is 13.1. The number of nitrogen functional groups attached to an aromatic ring is 1. The lowest BCUT2D eigenvalue weighted by molar-refractivity contribution is 0.516. The first-order chi connectivity index (χ1) is 8.67. The average molecular weight is 355 g/mol. The van der Waals surface area contributed by atoms with E-state index in [1.165, 1.54) is 11.1 Å². The topological polar surface area (TPSA) is 43.8 Å². The molecule has 0 spiro atoms. The van der Waals surface area contributed by atoms with Crippen molar-refractivity contribution in [2.75, 3.05) is 5.73 Å². The fraction of sp³-hybridized carbons (Fsp3) is 0.357. The number of halogens is 1.